The molecule has 0 fully saturated rings. The number of amides is 1. The second-order valence-electron chi connectivity index (χ2n) is 5.20. The minimum absolute atomic E-state index is 0.0467. The van der Waals surface area contributed by atoms with E-state index in [2.05, 4.69) is 5.32 Å². The molecule has 0 saturated carbocycles. The summed E-state index contributed by atoms with van der Waals surface area (Å²) in [4.78, 5) is 12.3. The van der Waals surface area contributed by atoms with Gasteiger partial charge in [0.1, 0.15) is 5.75 Å². The Morgan fingerprint density at radius 3 is 2.81 bits per heavy atom. The Balaban J connectivity index is 1.65. The van der Waals surface area contributed by atoms with E-state index < -0.39 is 6.10 Å². The standard InChI is InChI=1S/C17H16ClNO2/c1-11(12-5-3-2-4-6-12)19-17(20)16-10-13-9-14(18)7-8-15(13)21-16/h2-9,11,16H,10H2,1H3,(H,19,20). The van der Waals surface area contributed by atoms with Gasteiger partial charge < -0.3 is 10.1 Å². The molecular formula is C17H16ClNO2. The maximum atomic E-state index is 12.3. The Hall–Kier alpha value is -2.00. The van der Waals surface area contributed by atoms with Crippen molar-refractivity contribution >= 4 is 17.5 Å². The summed E-state index contributed by atoms with van der Waals surface area (Å²) in [7, 11) is 0. The monoisotopic (exact) mass is 301 g/mol. The number of halogens is 1. The summed E-state index contributed by atoms with van der Waals surface area (Å²) in [5, 5.41) is 3.65. The van der Waals surface area contributed by atoms with Gasteiger partial charge in [-0.3, -0.25) is 4.79 Å². The van der Waals surface area contributed by atoms with E-state index >= 15 is 0 Å². The van der Waals surface area contributed by atoms with Crippen LogP contribution in [-0.2, 0) is 11.2 Å². The van der Waals surface area contributed by atoms with Gasteiger partial charge in [0.05, 0.1) is 6.04 Å². The Kier molecular flexibility index (Phi) is 3.84. The van der Waals surface area contributed by atoms with Gasteiger partial charge in [-0.15, -0.1) is 0 Å². The fraction of sp³-hybridized carbons (Fsp3) is 0.235. The molecule has 1 heterocycles. The van der Waals surface area contributed by atoms with Crippen molar-refractivity contribution in [2.45, 2.75) is 25.5 Å². The number of benzene rings is 2. The van der Waals surface area contributed by atoms with Crippen LogP contribution >= 0.6 is 11.6 Å². The molecule has 0 spiro atoms. The summed E-state index contributed by atoms with van der Waals surface area (Å²) in [6.07, 6.45) is 0.0769. The molecule has 1 aliphatic heterocycles. The molecule has 108 valence electrons. The van der Waals surface area contributed by atoms with E-state index in [4.69, 9.17) is 16.3 Å². The largest absolute Gasteiger partial charge is 0.480 e. The molecule has 2 aromatic rings. The van der Waals surface area contributed by atoms with Crippen LogP contribution in [0.15, 0.2) is 48.5 Å². The summed E-state index contributed by atoms with van der Waals surface area (Å²) in [6, 6.07) is 15.3. The Bertz CT molecular complexity index is 657. The molecule has 0 aliphatic carbocycles. The number of ether oxygens (including phenoxy) is 1. The van der Waals surface area contributed by atoms with Gasteiger partial charge in [0, 0.05) is 11.4 Å². The molecule has 0 saturated heterocycles. The quantitative estimate of drug-likeness (QED) is 0.942. The Morgan fingerprint density at radius 2 is 2.05 bits per heavy atom. The molecule has 0 aromatic heterocycles. The van der Waals surface area contributed by atoms with Crippen LogP contribution in [0, 0.1) is 0 Å². The molecule has 2 atom stereocenters. The summed E-state index contributed by atoms with van der Waals surface area (Å²) >= 11 is 5.96. The van der Waals surface area contributed by atoms with E-state index in [1.54, 1.807) is 6.07 Å². The Morgan fingerprint density at radius 1 is 1.29 bits per heavy atom. The first kappa shape index (κ1) is 14.0. The second-order valence-corrected chi connectivity index (χ2v) is 5.64. The van der Waals surface area contributed by atoms with E-state index in [1.807, 2.05) is 49.4 Å². The normalized spacial score (nSPS) is 17.7. The second kappa shape index (κ2) is 5.78. The zero-order valence-electron chi connectivity index (χ0n) is 11.7. The lowest BCUT2D eigenvalue weighted by molar-refractivity contribution is -0.127. The fourth-order valence-corrected chi connectivity index (χ4v) is 2.69. The van der Waals surface area contributed by atoms with E-state index in [0.29, 0.717) is 11.4 Å². The lowest BCUT2D eigenvalue weighted by Gasteiger charge is -2.17. The summed E-state index contributed by atoms with van der Waals surface area (Å²) in [5.74, 6) is 0.644. The lowest BCUT2D eigenvalue weighted by Crippen LogP contribution is -2.38. The van der Waals surface area contributed by atoms with Crippen molar-refractivity contribution in [3.05, 3.63) is 64.7 Å². The summed E-state index contributed by atoms with van der Waals surface area (Å²) < 4.78 is 5.69. The average molecular weight is 302 g/mol. The molecule has 0 radical (unpaired) electrons. The lowest BCUT2D eigenvalue weighted by atomic mass is 10.1. The molecular weight excluding hydrogens is 286 g/mol. The molecule has 4 heteroatoms. The van der Waals surface area contributed by atoms with Crippen LogP contribution in [-0.4, -0.2) is 12.0 Å². The van der Waals surface area contributed by atoms with Gasteiger partial charge in [0.2, 0.25) is 0 Å². The van der Waals surface area contributed by atoms with Crippen molar-refractivity contribution in [2.24, 2.45) is 0 Å². The molecule has 3 nitrogen and oxygen atoms in total. The molecule has 2 unspecified atom stereocenters. The van der Waals surface area contributed by atoms with Gasteiger partial charge in [-0.2, -0.15) is 0 Å². The number of carbonyl (C=O) groups is 1. The van der Waals surface area contributed by atoms with Crippen LogP contribution in [0.4, 0.5) is 0 Å². The number of nitrogens with one attached hydrogen (secondary N) is 1. The highest BCUT2D eigenvalue weighted by Crippen LogP contribution is 2.31. The molecule has 1 N–H and O–H groups in total. The predicted molar refractivity (Wildman–Crippen MR) is 82.6 cm³/mol. The maximum Gasteiger partial charge on any atom is 0.261 e. The predicted octanol–water partition coefficient (Wildman–Crippen LogP) is 3.52. The van der Waals surface area contributed by atoms with Crippen molar-refractivity contribution in [2.75, 3.05) is 0 Å². The van der Waals surface area contributed by atoms with E-state index in [1.165, 1.54) is 0 Å². The summed E-state index contributed by atoms with van der Waals surface area (Å²) in [5.41, 5.74) is 2.06. The third-order valence-corrected chi connectivity index (χ3v) is 3.88. The molecule has 0 bridgehead atoms. The SMILES string of the molecule is CC(NC(=O)C1Cc2cc(Cl)ccc2O1)c1ccccc1. The first-order valence-corrected chi connectivity index (χ1v) is 7.31. The van der Waals surface area contributed by atoms with Crippen LogP contribution in [0.5, 0.6) is 5.75 Å². The highest BCUT2D eigenvalue weighted by molar-refractivity contribution is 6.30. The van der Waals surface area contributed by atoms with Crippen molar-refractivity contribution < 1.29 is 9.53 Å². The van der Waals surface area contributed by atoms with Gasteiger partial charge in [-0.05, 0) is 36.2 Å². The summed E-state index contributed by atoms with van der Waals surface area (Å²) in [6.45, 7) is 1.96. The van der Waals surface area contributed by atoms with E-state index in [0.717, 1.165) is 16.9 Å². The molecule has 3 rings (SSSR count). The molecule has 21 heavy (non-hydrogen) atoms. The van der Waals surface area contributed by atoms with Gasteiger partial charge >= 0.3 is 0 Å². The Labute approximate surface area is 128 Å². The number of rotatable bonds is 3. The topological polar surface area (TPSA) is 38.3 Å². The van der Waals surface area contributed by atoms with Crippen LogP contribution in [0.25, 0.3) is 0 Å². The zero-order valence-corrected chi connectivity index (χ0v) is 12.4. The first-order chi connectivity index (χ1) is 10.1. The van der Waals surface area contributed by atoms with E-state index in [9.17, 15) is 4.79 Å². The van der Waals surface area contributed by atoms with Gasteiger partial charge in [-0.1, -0.05) is 41.9 Å². The number of carbonyl (C=O) groups excluding carboxylic acids is 1. The smallest absolute Gasteiger partial charge is 0.261 e. The third-order valence-electron chi connectivity index (χ3n) is 3.65. The first-order valence-electron chi connectivity index (χ1n) is 6.94. The number of hydrogen-bond donors (Lipinski definition) is 1. The van der Waals surface area contributed by atoms with Crippen LogP contribution in [0.1, 0.15) is 24.1 Å². The molecule has 1 amide bonds. The molecule has 1 aliphatic rings. The fourth-order valence-electron chi connectivity index (χ4n) is 2.49. The third kappa shape index (κ3) is 3.03. The number of fused-ring (bicyclic) bond motifs is 1. The van der Waals surface area contributed by atoms with Gasteiger partial charge in [-0.25, -0.2) is 0 Å². The van der Waals surface area contributed by atoms with Crippen molar-refractivity contribution in [1.29, 1.82) is 0 Å². The van der Waals surface area contributed by atoms with Crippen LogP contribution in [0.3, 0.4) is 0 Å². The van der Waals surface area contributed by atoms with Crippen molar-refractivity contribution in [3.63, 3.8) is 0 Å². The van der Waals surface area contributed by atoms with Crippen molar-refractivity contribution in [3.8, 4) is 5.75 Å². The van der Waals surface area contributed by atoms with Crippen molar-refractivity contribution in [1.82, 2.24) is 5.32 Å². The van der Waals surface area contributed by atoms with E-state index in [-0.39, 0.29) is 11.9 Å². The minimum atomic E-state index is -0.482. The van der Waals surface area contributed by atoms with Crippen LogP contribution in [0.2, 0.25) is 5.02 Å². The van der Waals surface area contributed by atoms with Crippen LogP contribution < -0.4 is 10.1 Å². The van der Waals surface area contributed by atoms with Gasteiger partial charge in [0.15, 0.2) is 6.10 Å². The average Bonchev–Trinajstić information content (AvgIpc) is 2.91. The highest BCUT2D eigenvalue weighted by atomic mass is 35.5. The minimum Gasteiger partial charge on any atom is -0.480 e. The van der Waals surface area contributed by atoms with Gasteiger partial charge in [0.25, 0.3) is 5.91 Å². The highest BCUT2D eigenvalue weighted by Gasteiger charge is 2.29. The maximum absolute atomic E-state index is 12.3. The zero-order chi connectivity index (χ0) is 14.8. The number of hydrogen-bond acceptors (Lipinski definition) is 2. The molecule has 2 aromatic carbocycles.